The maximum Gasteiger partial charge on any atom is 0.237 e. The van der Waals surface area contributed by atoms with Crippen LogP contribution in [0.5, 0.6) is 0 Å². The summed E-state index contributed by atoms with van der Waals surface area (Å²) in [5.74, 6) is -0.376. The van der Waals surface area contributed by atoms with Crippen LogP contribution >= 0.6 is 0 Å². The van der Waals surface area contributed by atoms with Gasteiger partial charge in [-0.05, 0) is 26.8 Å². The Morgan fingerprint density at radius 1 is 1.38 bits per heavy atom. The van der Waals surface area contributed by atoms with Crippen molar-refractivity contribution in [2.75, 3.05) is 13.1 Å². The minimum absolute atomic E-state index is 0.0837. The second-order valence-electron chi connectivity index (χ2n) is 5.70. The van der Waals surface area contributed by atoms with E-state index in [9.17, 15) is 9.18 Å². The fraction of sp³-hybridized carbons (Fsp3) is 0.562. The molecule has 0 aromatic heterocycles. The van der Waals surface area contributed by atoms with Crippen molar-refractivity contribution < 1.29 is 13.9 Å². The van der Waals surface area contributed by atoms with Crippen molar-refractivity contribution in [2.24, 2.45) is 0 Å². The SMILES string of the molecule is C[C@@H]1CN([C@@H](C)C(=O)NCc2ccccc2F)C[C@@H](C)O1. The fourth-order valence-electron chi connectivity index (χ4n) is 2.67. The Labute approximate surface area is 125 Å². The summed E-state index contributed by atoms with van der Waals surface area (Å²) in [7, 11) is 0. The number of halogens is 1. The van der Waals surface area contributed by atoms with Crippen LogP contribution in [-0.2, 0) is 16.1 Å². The predicted molar refractivity (Wildman–Crippen MR) is 79.3 cm³/mol. The first-order valence-electron chi connectivity index (χ1n) is 7.38. The van der Waals surface area contributed by atoms with Gasteiger partial charge < -0.3 is 10.1 Å². The zero-order chi connectivity index (χ0) is 15.4. The second kappa shape index (κ2) is 7.00. The molecule has 1 aliphatic heterocycles. The summed E-state index contributed by atoms with van der Waals surface area (Å²) in [5.41, 5.74) is 0.502. The van der Waals surface area contributed by atoms with Gasteiger partial charge in [0.2, 0.25) is 5.91 Å². The third-order valence-corrected chi connectivity index (χ3v) is 3.79. The standard InChI is InChI=1S/C16H23FN2O2/c1-11-9-19(10-12(2)21-11)13(3)16(20)18-8-14-6-4-5-7-15(14)17/h4-7,11-13H,8-10H2,1-3H3,(H,18,20)/t11-,12-,13+/m1/s1. The molecule has 116 valence electrons. The molecule has 1 heterocycles. The van der Waals surface area contributed by atoms with Crippen molar-refractivity contribution in [3.8, 4) is 0 Å². The quantitative estimate of drug-likeness (QED) is 0.923. The van der Waals surface area contributed by atoms with Crippen molar-refractivity contribution in [3.05, 3.63) is 35.6 Å². The average Bonchev–Trinajstić information content (AvgIpc) is 2.44. The van der Waals surface area contributed by atoms with E-state index < -0.39 is 0 Å². The molecule has 0 aliphatic carbocycles. The van der Waals surface area contributed by atoms with E-state index in [0.717, 1.165) is 13.1 Å². The first kappa shape index (κ1) is 15.9. The molecule has 1 fully saturated rings. The van der Waals surface area contributed by atoms with Crippen LogP contribution in [0.25, 0.3) is 0 Å². The Balaban J connectivity index is 1.89. The van der Waals surface area contributed by atoms with Crippen molar-refractivity contribution in [1.29, 1.82) is 0 Å². The summed E-state index contributed by atoms with van der Waals surface area (Å²) in [6.45, 7) is 7.57. The maximum atomic E-state index is 13.5. The third kappa shape index (κ3) is 4.25. The minimum Gasteiger partial charge on any atom is -0.373 e. The van der Waals surface area contributed by atoms with Gasteiger partial charge in [0.15, 0.2) is 0 Å². The maximum absolute atomic E-state index is 13.5. The molecule has 0 spiro atoms. The second-order valence-corrected chi connectivity index (χ2v) is 5.70. The van der Waals surface area contributed by atoms with E-state index in [1.165, 1.54) is 6.07 Å². The lowest BCUT2D eigenvalue weighted by molar-refractivity contribution is -0.131. The summed E-state index contributed by atoms with van der Waals surface area (Å²) < 4.78 is 19.2. The lowest BCUT2D eigenvalue weighted by Gasteiger charge is -2.38. The Hall–Kier alpha value is -1.46. The number of hydrogen-bond donors (Lipinski definition) is 1. The van der Waals surface area contributed by atoms with Gasteiger partial charge in [-0.3, -0.25) is 9.69 Å². The highest BCUT2D eigenvalue weighted by Crippen LogP contribution is 2.14. The highest BCUT2D eigenvalue weighted by molar-refractivity contribution is 5.81. The molecule has 21 heavy (non-hydrogen) atoms. The Morgan fingerprint density at radius 2 is 2.00 bits per heavy atom. The smallest absolute Gasteiger partial charge is 0.237 e. The van der Waals surface area contributed by atoms with Crippen molar-refractivity contribution in [3.63, 3.8) is 0 Å². The summed E-state index contributed by atoms with van der Waals surface area (Å²) in [5, 5.41) is 2.81. The van der Waals surface area contributed by atoms with Gasteiger partial charge in [-0.25, -0.2) is 4.39 Å². The molecular weight excluding hydrogens is 271 g/mol. The molecule has 1 aromatic rings. The number of amides is 1. The first-order chi connectivity index (χ1) is 9.97. The van der Waals surface area contributed by atoms with Gasteiger partial charge in [-0.2, -0.15) is 0 Å². The molecule has 0 bridgehead atoms. The summed E-state index contributed by atoms with van der Waals surface area (Å²) in [4.78, 5) is 14.3. The number of nitrogens with one attached hydrogen (secondary N) is 1. The molecule has 2 rings (SSSR count). The van der Waals surface area contributed by atoms with Crippen molar-refractivity contribution >= 4 is 5.91 Å². The van der Waals surface area contributed by atoms with Gasteiger partial charge in [-0.15, -0.1) is 0 Å². The van der Waals surface area contributed by atoms with E-state index in [1.54, 1.807) is 18.2 Å². The lowest BCUT2D eigenvalue weighted by atomic mass is 10.1. The molecule has 0 saturated carbocycles. The van der Waals surface area contributed by atoms with Crippen LogP contribution in [0.3, 0.4) is 0 Å². The van der Waals surface area contributed by atoms with E-state index in [4.69, 9.17) is 4.74 Å². The van der Waals surface area contributed by atoms with Crippen molar-refractivity contribution in [2.45, 2.75) is 45.6 Å². The van der Waals surface area contributed by atoms with Crippen molar-refractivity contribution in [1.82, 2.24) is 10.2 Å². The van der Waals surface area contributed by atoms with Gasteiger partial charge >= 0.3 is 0 Å². The molecule has 3 atom stereocenters. The molecule has 1 saturated heterocycles. The number of carbonyl (C=O) groups is 1. The number of hydrogen-bond acceptors (Lipinski definition) is 3. The van der Waals surface area contributed by atoms with E-state index >= 15 is 0 Å². The van der Waals surface area contributed by atoms with Gasteiger partial charge in [0.05, 0.1) is 18.2 Å². The monoisotopic (exact) mass is 294 g/mol. The first-order valence-corrected chi connectivity index (χ1v) is 7.38. The van der Waals surface area contributed by atoms with Gasteiger partial charge in [-0.1, -0.05) is 18.2 Å². The molecule has 1 aromatic carbocycles. The molecular formula is C16H23FN2O2. The van der Waals surface area contributed by atoms with Crippen LogP contribution in [-0.4, -0.2) is 42.1 Å². The van der Waals surface area contributed by atoms with Gasteiger partial charge in [0.25, 0.3) is 0 Å². The van der Waals surface area contributed by atoms with Crippen LogP contribution in [0.4, 0.5) is 4.39 Å². The molecule has 0 unspecified atom stereocenters. The normalized spacial score (nSPS) is 24.6. The molecule has 1 N–H and O–H groups in total. The van der Waals surface area contributed by atoms with Gasteiger partial charge in [0, 0.05) is 25.2 Å². The Kier molecular flexibility index (Phi) is 5.31. The molecule has 0 radical (unpaired) electrons. The third-order valence-electron chi connectivity index (χ3n) is 3.79. The molecule has 4 nitrogen and oxygen atoms in total. The topological polar surface area (TPSA) is 41.6 Å². The lowest BCUT2D eigenvalue weighted by Crippen LogP contribution is -2.53. The molecule has 1 aliphatic rings. The predicted octanol–water partition coefficient (Wildman–Crippen LogP) is 1.94. The number of morpholine rings is 1. The number of ether oxygens (including phenoxy) is 1. The van der Waals surface area contributed by atoms with Gasteiger partial charge in [0.1, 0.15) is 5.82 Å². The van der Waals surface area contributed by atoms with Crippen LogP contribution in [0.2, 0.25) is 0 Å². The van der Waals surface area contributed by atoms with Crippen LogP contribution in [0, 0.1) is 5.82 Å². The summed E-state index contributed by atoms with van der Waals surface area (Å²) >= 11 is 0. The number of rotatable bonds is 4. The number of nitrogens with zero attached hydrogens (tertiary/aromatic N) is 1. The highest BCUT2D eigenvalue weighted by Gasteiger charge is 2.29. The van der Waals surface area contributed by atoms with Crippen LogP contribution < -0.4 is 5.32 Å². The summed E-state index contributed by atoms with van der Waals surface area (Å²) in [6, 6.07) is 6.24. The van der Waals surface area contributed by atoms with E-state index in [-0.39, 0.29) is 36.5 Å². The average molecular weight is 294 g/mol. The largest absolute Gasteiger partial charge is 0.373 e. The van der Waals surface area contributed by atoms with Crippen LogP contribution in [0.1, 0.15) is 26.3 Å². The van der Waals surface area contributed by atoms with E-state index in [1.807, 2.05) is 20.8 Å². The fourth-order valence-corrected chi connectivity index (χ4v) is 2.67. The Morgan fingerprint density at radius 3 is 2.62 bits per heavy atom. The van der Waals surface area contributed by atoms with E-state index in [0.29, 0.717) is 5.56 Å². The number of benzene rings is 1. The number of carbonyl (C=O) groups excluding carboxylic acids is 1. The molecule has 5 heteroatoms. The minimum atomic E-state index is -0.293. The summed E-state index contributed by atoms with van der Waals surface area (Å²) in [6.07, 6.45) is 0.242. The zero-order valence-corrected chi connectivity index (χ0v) is 12.8. The van der Waals surface area contributed by atoms with Crippen LogP contribution in [0.15, 0.2) is 24.3 Å². The molecule has 1 amide bonds. The van der Waals surface area contributed by atoms with E-state index in [2.05, 4.69) is 10.2 Å². The highest BCUT2D eigenvalue weighted by atomic mass is 19.1. The Bertz CT molecular complexity index is 485. The zero-order valence-electron chi connectivity index (χ0n) is 12.8.